The SMILES string of the molecule is CCC(C)CCCCCCCCCCCCCCCCC(=O)O[C@H](COC(=O)CCCCCCCCCCCCCCCCC(C)C)COP(=O)(O)OC[C@@H](O)COP(=O)(O)OC[C@@H](COC(=O)CCCCCCCCC(C)C)OC(=O)CCCCCCCCCCCCCCCC(C)C. The molecule has 0 radical (unpaired) electrons. The van der Waals surface area contributed by atoms with Crippen molar-refractivity contribution in [2.75, 3.05) is 39.6 Å². The van der Waals surface area contributed by atoms with Crippen LogP contribution in [0.1, 0.15) is 415 Å². The van der Waals surface area contributed by atoms with Gasteiger partial charge in [0.25, 0.3) is 0 Å². The summed E-state index contributed by atoms with van der Waals surface area (Å²) in [6.45, 7) is 14.3. The zero-order chi connectivity index (χ0) is 73.8. The molecule has 0 aromatic carbocycles. The van der Waals surface area contributed by atoms with Crippen LogP contribution in [0, 0.1) is 23.7 Å². The van der Waals surface area contributed by atoms with Crippen LogP contribution >= 0.6 is 15.6 Å². The van der Waals surface area contributed by atoms with Crippen LogP contribution < -0.4 is 0 Å². The predicted octanol–water partition coefficient (Wildman–Crippen LogP) is 24.0. The van der Waals surface area contributed by atoms with Gasteiger partial charge in [-0.15, -0.1) is 0 Å². The van der Waals surface area contributed by atoms with E-state index in [9.17, 15) is 43.2 Å². The quantitative estimate of drug-likeness (QED) is 0.0222. The molecule has 19 heteroatoms. The number of hydrogen-bond acceptors (Lipinski definition) is 15. The van der Waals surface area contributed by atoms with Crippen LogP contribution in [0.5, 0.6) is 0 Å². The van der Waals surface area contributed by atoms with Crippen molar-refractivity contribution in [3.63, 3.8) is 0 Å². The molecule has 0 heterocycles. The molecular formula is C81H158O17P2. The number of aliphatic hydroxyl groups is 1. The molecule has 0 fully saturated rings. The van der Waals surface area contributed by atoms with E-state index in [4.69, 9.17) is 37.0 Å². The maximum atomic E-state index is 13.1. The van der Waals surface area contributed by atoms with E-state index in [1.54, 1.807) is 0 Å². The van der Waals surface area contributed by atoms with E-state index in [-0.39, 0.29) is 25.7 Å². The molecule has 0 aromatic heterocycles. The summed E-state index contributed by atoms with van der Waals surface area (Å²) in [7, 11) is -9.92. The minimum absolute atomic E-state index is 0.106. The van der Waals surface area contributed by atoms with E-state index in [1.165, 1.54) is 212 Å². The Bertz CT molecular complexity index is 1960. The minimum Gasteiger partial charge on any atom is -0.462 e. The Morgan fingerprint density at radius 3 is 0.710 bits per heavy atom. The molecule has 0 saturated carbocycles. The Kier molecular flexibility index (Phi) is 68.7. The monoisotopic (exact) mass is 1470 g/mol. The van der Waals surface area contributed by atoms with Gasteiger partial charge in [0.15, 0.2) is 12.2 Å². The number of phosphoric acid groups is 2. The molecule has 0 aliphatic rings. The van der Waals surface area contributed by atoms with Crippen molar-refractivity contribution >= 4 is 39.5 Å². The van der Waals surface area contributed by atoms with Gasteiger partial charge in [0.1, 0.15) is 19.3 Å². The molecule has 0 aromatic rings. The van der Waals surface area contributed by atoms with Crippen LogP contribution in [0.4, 0.5) is 0 Å². The van der Waals surface area contributed by atoms with E-state index in [0.717, 1.165) is 114 Å². The summed E-state index contributed by atoms with van der Waals surface area (Å²) in [5.41, 5.74) is 0. The van der Waals surface area contributed by atoms with Crippen molar-refractivity contribution in [3.8, 4) is 0 Å². The zero-order valence-corrected chi connectivity index (χ0v) is 67.6. The Morgan fingerprint density at radius 2 is 0.480 bits per heavy atom. The predicted molar refractivity (Wildman–Crippen MR) is 409 cm³/mol. The lowest BCUT2D eigenvalue weighted by Crippen LogP contribution is -2.30. The highest BCUT2D eigenvalue weighted by Gasteiger charge is 2.30. The highest BCUT2D eigenvalue weighted by Crippen LogP contribution is 2.45. The molecule has 0 aliphatic heterocycles. The van der Waals surface area contributed by atoms with E-state index in [0.29, 0.717) is 31.6 Å². The van der Waals surface area contributed by atoms with E-state index in [1.807, 2.05) is 0 Å². The van der Waals surface area contributed by atoms with Gasteiger partial charge < -0.3 is 33.8 Å². The van der Waals surface area contributed by atoms with Crippen molar-refractivity contribution in [1.29, 1.82) is 0 Å². The smallest absolute Gasteiger partial charge is 0.462 e. The number of rotatable bonds is 78. The first-order chi connectivity index (χ1) is 48.1. The fourth-order valence-corrected chi connectivity index (χ4v) is 14.0. The first-order valence-electron chi connectivity index (χ1n) is 41.7. The number of unbranched alkanes of at least 4 members (excludes halogenated alkanes) is 43. The molecule has 0 saturated heterocycles. The van der Waals surface area contributed by atoms with E-state index < -0.39 is 97.5 Å². The van der Waals surface area contributed by atoms with Gasteiger partial charge in [-0.2, -0.15) is 0 Å². The Morgan fingerprint density at radius 1 is 0.280 bits per heavy atom. The van der Waals surface area contributed by atoms with Crippen molar-refractivity contribution in [2.24, 2.45) is 23.7 Å². The summed E-state index contributed by atoms with van der Waals surface area (Å²) in [4.78, 5) is 73.0. The third-order valence-electron chi connectivity index (χ3n) is 19.2. The minimum atomic E-state index is -4.96. The molecular weight excluding hydrogens is 1310 g/mol. The van der Waals surface area contributed by atoms with Gasteiger partial charge in [-0.1, -0.05) is 364 Å². The number of hydrogen-bond donors (Lipinski definition) is 3. The van der Waals surface area contributed by atoms with E-state index >= 15 is 0 Å². The summed E-state index contributed by atoms with van der Waals surface area (Å²) in [6.07, 6.45) is 56.9. The fourth-order valence-electron chi connectivity index (χ4n) is 12.4. The Labute approximate surface area is 613 Å². The number of aliphatic hydroxyl groups excluding tert-OH is 1. The fraction of sp³-hybridized carbons (Fsp3) is 0.951. The number of esters is 4. The number of phosphoric ester groups is 2. The van der Waals surface area contributed by atoms with Crippen LogP contribution in [0.2, 0.25) is 0 Å². The topological polar surface area (TPSA) is 237 Å². The molecule has 0 aliphatic carbocycles. The normalized spacial score (nSPS) is 14.3. The first kappa shape index (κ1) is 98.1. The second kappa shape index (κ2) is 70.1. The Hall–Kier alpha value is -1.94. The van der Waals surface area contributed by atoms with E-state index in [2.05, 4.69) is 55.4 Å². The average Bonchev–Trinajstić information content (AvgIpc) is 0.953. The molecule has 3 N–H and O–H groups in total. The van der Waals surface area contributed by atoms with Crippen molar-refractivity contribution in [1.82, 2.24) is 0 Å². The molecule has 17 nitrogen and oxygen atoms in total. The molecule has 0 amide bonds. The van der Waals surface area contributed by atoms with Crippen molar-refractivity contribution in [3.05, 3.63) is 0 Å². The van der Waals surface area contributed by atoms with Crippen LogP contribution in [0.25, 0.3) is 0 Å². The summed E-state index contributed by atoms with van der Waals surface area (Å²) in [6, 6.07) is 0. The standard InChI is InChI=1S/C81H158O17P2/c1-9-74(8)60-52-44-35-29-23-17-11-13-19-25-31-37-47-55-63-80(85)97-76(67-91-78(83)61-53-45-36-30-24-18-12-10-15-21-27-33-41-49-57-71(2)3)69-95-99(87,88)93-65-75(82)66-94-100(89,90)96-70-77(68-92-79(84)62-54-46-40-39-43-51-59-73(6)7)98-81(86)64-56-48-38-32-26-20-14-16-22-28-34-42-50-58-72(4)5/h71-77,82H,9-70H2,1-8H3,(H,87,88)(H,89,90)/t74?,75-,76-,77-/m1/s1. The molecule has 100 heavy (non-hydrogen) atoms. The van der Waals surface area contributed by atoms with Gasteiger partial charge in [-0.25, -0.2) is 9.13 Å². The molecule has 0 bridgehead atoms. The van der Waals surface area contributed by atoms with Crippen LogP contribution in [0.15, 0.2) is 0 Å². The third kappa shape index (κ3) is 73.0. The highest BCUT2D eigenvalue weighted by molar-refractivity contribution is 7.47. The lowest BCUT2D eigenvalue weighted by atomic mass is 9.99. The lowest BCUT2D eigenvalue weighted by Gasteiger charge is -2.21. The van der Waals surface area contributed by atoms with Crippen molar-refractivity contribution in [2.45, 2.75) is 433 Å². The lowest BCUT2D eigenvalue weighted by molar-refractivity contribution is -0.161. The summed E-state index contributed by atoms with van der Waals surface area (Å²) in [5, 5.41) is 10.6. The van der Waals surface area contributed by atoms with Crippen molar-refractivity contribution < 1.29 is 80.2 Å². The largest absolute Gasteiger partial charge is 0.472 e. The van der Waals surface area contributed by atoms with Crippen LogP contribution in [-0.4, -0.2) is 96.7 Å². The second-order valence-electron chi connectivity index (χ2n) is 30.8. The zero-order valence-electron chi connectivity index (χ0n) is 65.8. The first-order valence-corrected chi connectivity index (χ1v) is 44.7. The number of carbonyl (C=O) groups is 4. The maximum Gasteiger partial charge on any atom is 0.472 e. The second-order valence-corrected chi connectivity index (χ2v) is 33.7. The van der Waals surface area contributed by atoms with Gasteiger partial charge in [0.2, 0.25) is 0 Å². The van der Waals surface area contributed by atoms with Crippen LogP contribution in [-0.2, 0) is 65.4 Å². The molecule has 0 spiro atoms. The summed E-state index contributed by atoms with van der Waals surface area (Å²) in [5.74, 6) is 0.996. The van der Waals surface area contributed by atoms with Crippen LogP contribution in [0.3, 0.4) is 0 Å². The maximum absolute atomic E-state index is 13.1. The van der Waals surface area contributed by atoms with Gasteiger partial charge in [0, 0.05) is 25.7 Å². The van der Waals surface area contributed by atoms with Gasteiger partial charge in [-0.3, -0.25) is 37.3 Å². The van der Waals surface area contributed by atoms with Gasteiger partial charge in [0.05, 0.1) is 26.4 Å². The summed E-state index contributed by atoms with van der Waals surface area (Å²) < 4.78 is 68.7. The Balaban J connectivity index is 5.24. The van der Waals surface area contributed by atoms with Gasteiger partial charge in [-0.05, 0) is 49.4 Å². The third-order valence-corrected chi connectivity index (χ3v) is 21.1. The number of carbonyl (C=O) groups excluding carboxylic acids is 4. The van der Waals surface area contributed by atoms with Gasteiger partial charge >= 0.3 is 39.5 Å². The highest BCUT2D eigenvalue weighted by atomic mass is 31.2. The summed E-state index contributed by atoms with van der Waals surface area (Å²) >= 11 is 0. The molecule has 594 valence electrons. The molecule has 3 unspecified atom stereocenters. The average molecular weight is 1470 g/mol. The molecule has 6 atom stereocenters. The molecule has 0 rings (SSSR count). The number of ether oxygens (including phenoxy) is 4.